The molecule has 1 aromatic rings. The van der Waals surface area contributed by atoms with Gasteiger partial charge < -0.3 is 24.1 Å². The quantitative estimate of drug-likeness (QED) is 0.339. The van der Waals surface area contributed by atoms with Crippen molar-refractivity contribution in [2.24, 2.45) is 0 Å². The summed E-state index contributed by atoms with van der Waals surface area (Å²) < 4.78 is 14.3. The molecule has 32 heavy (non-hydrogen) atoms. The van der Waals surface area contributed by atoms with Crippen LogP contribution < -0.4 is 5.11 Å². The van der Waals surface area contributed by atoms with Gasteiger partial charge in [0.1, 0.15) is 0 Å². The first-order chi connectivity index (χ1) is 15.0. The van der Waals surface area contributed by atoms with E-state index in [2.05, 4.69) is 6.58 Å². The van der Waals surface area contributed by atoms with Gasteiger partial charge in [-0.2, -0.15) is 0 Å². The summed E-state index contributed by atoms with van der Waals surface area (Å²) in [4.78, 5) is 41.9. The van der Waals surface area contributed by atoms with Gasteiger partial charge in [-0.1, -0.05) is 36.9 Å². The highest BCUT2D eigenvalue weighted by molar-refractivity contribution is 5.91. The predicted molar refractivity (Wildman–Crippen MR) is 119 cm³/mol. The van der Waals surface area contributed by atoms with Gasteiger partial charge in [0.2, 0.25) is 0 Å². The fraction of sp³-hybridized carbons (Fsp3) is 0.333. The van der Waals surface area contributed by atoms with Gasteiger partial charge in [0.15, 0.2) is 0 Å². The summed E-state index contributed by atoms with van der Waals surface area (Å²) in [7, 11) is 0. The molecule has 0 N–H and O–H groups in total. The van der Waals surface area contributed by atoms with Crippen LogP contribution in [0.4, 0.5) is 0 Å². The van der Waals surface area contributed by atoms with Crippen LogP contribution in [0.3, 0.4) is 0 Å². The Morgan fingerprint density at radius 1 is 0.875 bits per heavy atom. The number of rotatable bonds is 8. The van der Waals surface area contributed by atoms with E-state index in [0.717, 1.165) is 23.8 Å². The van der Waals surface area contributed by atoms with Crippen molar-refractivity contribution in [1.82, 2.24) is 0 Å². The Morgan fingerprint density at radius 3 is 1.66 bits per heavy atom. The minimum absolute atomic E-state index is 0.187. The minimum atomic E-state index is -1.23. The zero-order valence-electron chi connectivity index (χ0n) is 19.1. The van der Waals surface area contributed by atoms with Gasteiger partial charge in [-0.3, -0.25) is 0 Å². The topological polar surface area (TPSA) is 119 Å². The van der Waals surface area contributed by atoms with Crippen LogP contribution >= 0.6 is 0 Å². The van der Waals surface area contributed by atoms with Crippen LogP contribution in [0.2, 0.25) is 0 Å². The molecule has 0 saturated carbocycles. The number of carbonyl (C=O) groups excluding carboxylic acids is 4. The third-order valence-corrected chi connectivity index (χ3v) is 2.72. The number of aliphatic carboxylic acids is 1. The summed E-state index contributed by atoms with van der Waals surface area (Å²) in [6, 6.07) is 9.63. The molecule has 8 heteroatoms. The van der Waals surface area contributed by atoms with Gasteiger partial charge in [0.25, 0.3) is 0 Å². The molecule has 176 valence electrons. The molecule has 0 bridgehead atoms. The van der Waals surface area contributed by atoms with Gasteiger partial charge in [0.05, 0.1) is 24.8 Å². The van der Waals surface area contributed by atoms with Gasteiger partial charge in [-0.05, 0) is 52.3 Å². The number of carbonyl (C=O) groups is 4. The Morgan fingerprint density at radius 2 is 1.31 bits per heavy atom. The third-order valence-electron chi connectivity index (χ3n) is 2.72. The van der Waals surface area contributed by atoms with E-state index in [1.54, 1.807) is 40.7 Å². The lowest BCUT2D eigenvalue weighted by atomic mass is 10.2. The average Bonchev–Trinajstić information content (AvgIpc) is 2.72. The molecule has 0 aliphatic rings. The van der Waals surface area contributed by atoms with Crippen molar-refractivity contribution >= 4 is 30.0 Å². The Balaban J connectivity index is 0. The maximum atomic E-state index is 10.9. The maximum Gasteiger partial charge on any atom is 0.331 e. The van der Waals surface area contributed by atoms with Crippen molar-refractivity contribution in [2.45, 2.75) is 46.8 Å². The van der Waals surface area contributed by atoms with E-state index >= 15 is 0 Å². The summed E-state index contributed by atoms with van der Waals surface area (Å²) in [5, 5.41) is 9.14. The van der Waals surface area contributed by atoms with Crippen LogP contribution in [0, 0.1) is 0 Å². The molecule has 0 amide bonds. The lowest BCUT2D eigenvalue weighted by molar-refractivity contribution is -0.297. The summed E-state index contributed by atoms with van der Waals surface area (Å²) in [6.45, 7) is 12.0. The van der Waals surface area contributed by atoms with Crippen LogP contribution in [-0.4, -0.2) is 42.7 Å². The predicted octanol–water partition coefficient (Wildman–Crippen LogP) is 2.63. The monoisotopic (exact) mass is 447 g/mol. The van der Waals surface area contributed by atoms with E-state index < -0.39 is 17.9 Å². The number of carboxylic acids is 1. The molecular formula is C24H31O8-. The van der Waals surface area contributed by atoms with Crippen LogP contribution in [0.15, 0.2) is 61.2 Å². The minimum Gasteiger partial charge on any atom is -0.545 e. The number of ether oxygens (including phenoxy) is 3. The number of carboxylic acid groups (broad SMARTS) is 1. The smallest absolute Gasteiger partial charge is 0.331 e. The largest absolute Gasteiger partial charge is 0.545 e. The molecule has 0 spiro atoms. The molecule has 0 radical (unpaired) electrons. The summed E-state index contributed by atoms with van der Waals surface area (Å²) in [5.41, 5.74) is 0.996. The van der Waals surface area contributed by atoms with Crippen molar-refractivity contribution in [3.8, 4) is 0 Å². The van der Waals surface area contributed by atoms with E-state index in [4.69, 9.17) is 24.1 Å². The standard InChI is InChI=1S/C11H12O2.C10H16O4.C3H4O2/c1-2-13-11(12)9-8-10-6-4-3-5-7-10;1-7(2)13-9(11)5-6-10(12)14-8(3)4;1-2-3(4)5/h3-9H,2H2,1H3;5-8H,1-4H3;2H,1H2,(H,4,5)/p-1/b;6-5+;. The summed E-state index contributed by atoms with van der Waals surface area (Å²) >= 11 is 0. The first-order valence-electron chi connectivity index (χ1n) is 9.84. The molecular weight excluding hydrogens is 416 g/mol. The fourth-order valence-corrected chi connectivity index (χ4v) is 1.60. The lowest BCUT2D eigenvalue weighted by Gasteiger charge is -2.05. The van der Waals surface area contributed by atoms with Gasteiger partial charge in [-0.25, -0.2) is 14.4 Å². The highest BCUT2D eigenvalue weighted by Gasteiger charge is 2.03. The van der Waals surface area contributed by atoms with Crippen molar-refractivity contribution in [3.05, 3.63) is 66.8 Å². The average molecular weight is 448 g/mol. The summed E-state index contributed by atoms with van der Waals surface area (Å²) in [6.07, 6.45) is 5.63. The first kappa shape index (κ1) is 30.5. The summed E-state index contributed by atoms with van der Waals surface area (Å²) in [5.74, 6) is -2.61. The Labute approximate surface area is 189 Å². The van der Waals surface area contributed by atoms with Gasteiger partial charge in [-0.15, -0.1) is 0 Å². The van der Waals surface area contributed by atoms with Crippen molar-refractivity contribution in [3.63, 3.8) is 0 Å². The van der Waals surface area contributed by atoms with Crippen molar-refractivity contribution in [1.29, 1.82) is 0 Å². The normalized spacial score (nSPS) is 9.97. The molecule has 0 heterocycles. The zero-order valence-corrected chi connectivity index (χ0v) is 19.1. The molecule has 0 atom stereocenters. The first-order valence-corrected chi connectivity index (χ1v) is 9.84. The molecule has 0 aromatic heterocycles. The number of hydrogen-bond acceptors (Lipinski definition) is 8. The number of hydrogen-bond donors (Lipinski definition) is 0. The molecule has 0 aliphatic carbocycles. The Bertz CT molecular complexity index is 737. The number of benzene rings is 1. The second kappa shape index (κ2) is 19.3. The van der Waals surface area contributed by atoms with Crippen LogP contribution in [0.1, 0.15) is 40.2 Å². The fourth-order valence-electron chi connectivity index (χ4n) is 1.60. The van der Waals surface area contributed by atoms with E-state index in [0.29, 0.717) is 6.61 Å². The van der Waals surface area contributed by atoms with E-state index in [1.165, 1.54) is 6.08 Å². The SMILES string of the molecule is C=CC(=O)[O-].CC(C)OC(=O)/C=C/C(=O)OC(C)C.CCOC(=O)C=Cc1ccccc1. The molecule has 0 saturated heterocycles. The van der Waals surface area contributed by atoms with Crippen LogP contribution in [0.25, 0.3) is 6.08 Å². The molecule has 0 unspecified atom stereocenters. The molecule has 0 aliphatic heterocycles. The highest BCUT2D eigenvalue weighted by Crippen LogP contribution is 2.00. The maximum absolute atomic E-state index is 10.9. The van der Waals surface area contributed by atoms with Gasteiger partial charge >= 0.3 is 17.9 Å². The van der Waals surface area contributed by atoms with Crippen molar-refractivity contribution in [2.75, 3.05) is 6.61 Å². The Hall–Kier alpha value is -3.68. The highest BCUT2D eigenvalue weighted by atomic mass is 16.5. The van der Waals surface area contributed by atoms with Crippen LogP contribution in [0.5, 0.6) is 0 Å². The van der Waals surface area contributed by atoms with E-state index in [1.807, 2.05) is 30.3 Å². The zero-order chi connectivity index (χ0) is 24.9. The number of esters is 3. The molecule has 1 rings (SSSR count). The van der Waals surface area contributed by atoms with E-state index in [9.17, 15) is 14.4 Å². The molecule has 8 nitrogen and oxygen atoms in total. The third kappa shape index (κ3) is 22.6. The molecule has 1 aromatic carbocycles. The van der Waals surface area contributed by atoms with Gasteiger partial charge in [0, 0.05) is 18.2 Å². The van der Waals surface area contributed by atoms with E-state index in [-0.39, 0.29) is 18.2 Å². The second-order valence-corrected chi connectivity index (χ2v) is 6.32. The molecule has 0 fully saturated rings. The second-order valence-electron chi connectivity index (χ2n) is 6.32. The van der Waals surface area contributed by atoms with Crippen molar-refractivity contribution < 1.29 is 38.5 Å². The lowest BCUT2D eigenvalue weighted by Crippen LogP contribution is -2.17. The van der Waals surface area contributed by atoms with Crippen LogP contribution in [-0.2, 0) is 33.4 Å². The Kier molecular flexibility index (Phi) is 18.4.